The van der Waals surface area contributed by atoms with Crippen molar-refractivity contribution in [2.24, 2.45) is 0 Å². The van der Waals surface area contributed by atoms with Gasteiger partial charge >= 0.3 is 0 Å². The molecule has 0 spiro atoms. The molecular weight excluding hydrogens is 271 g/mol. The minimum atomic E-state index is -0.262. The van der Waals surface area contributed by atoms with Gasteiger partial charge < -0.3 is 9.51 Å². The van der Waals surface area contributed by atoms with E-state index in [0.29, 0.717) is 6.54 Å². The second-order valence-corrected chi connectivity index (χ2v) is 5.32. The zero-order valence-corrected chi connectivity index (χ0v) is 12.3. The molecule has 0 atom stereocenters. The summed E-state index contributed by atoms with van der Waals surface area (Å²) in [5.74, 6) is 1.39. The highest BCUT2D eigenvalue weighted by molar-refractivity contribution is 5.74. The second-order valence-electron chi connectivity index (χ2n) is 5.32. The van der Waals surface area contributed by atoms with Crippen molar-refractivity contribution in [1.29, 1.82) is 0 Å². The fourth-order valence-corrected chi connectivity index (χ4v) is 2.42. The van der Waals surface area contributed by atoms with Crippen LogP contribution in [0.3, 0.4) is 0 Å². The number of hydrogen-bond donors (Lipinski definition) is 1. The number of nitrogens with one attached hydrogen (secondary N) is 1. The van der Waals surface area contributed by atoms with E-state index in [9.17, 15) is 4.39 Å². The van der Waals surface area contributed by atoms with E-state index in [0.717, 1.165) is 40.4 Å². The van der Waals surface area contributed by atoms with E-state index in [4.69, 9.17) is 4.52 Å². The first kappa shape index (κ1) is 13.8. The maximum Gasteiger partial charge on any atom is 0.138 e. The molecule has 21 heavy (non-hydrogen) atoms. The van der Waals surface area contributed by atoms with Gasteiger partial charge in [0.15, 0.2) is 0 Å². The number of rotatable bonds is 4. The first-order valence-electron chi connectivity index (χ1n) is 6.77. The van der Waals surface area contributed by atoms with Crippen LogP contribution in [0.15, 0.2) is 22.7 Å². The normalized spacial score (nSPS) is 11.7. The summed E-state index contributed by atoms with van der Waals surface area (Å²) in [6.45, 7) is 5.21. The smallest absolute Gasteiger partial charge is 0.138 e. The zero-order valence-electron chi connectivity index (χ0n) is 12.3. The molecule has 0 radical (unpaired) electrons. The number of aromatic nitrogens is 3. The number of halogens is 1. The van der Waals surface area contributed by atoms with Crippen molar-refractivity contribution in [3.05, 3.63) is 46.9 Å². The van der Waals surface area contributed by atoms with Gasteiger partial charge in [0.1, 0.15) is 17.4 Å². The summed E-state index contributed by atoms with van der Waals surface area (Å²) in [5.41, 5.74) is 3.50. The van der Waals surface area contributed by atoms with E-state index in [1.54, 1.807) is 6.07 Å². The van der Waals surface area contributed by atoms with Crippen molar-refractivity contribution >= 4 is 11.0 Å². The zero-order chi connectivity index (χ0) is 15.0. The van der Waals surface area contributed by atoms with Gasteiger partial charge in [-0.15, -0.1) is 0 Å². The minimum absolute atomic E-state index is 0.262. The lowest BCUT2D eigenvalue weighted by Gasteiger charge is -2.14. The van der Waals surface area contributed by atoms with Gasteiger partial charge in [-0.1, -0.05) is 5.16 Å². The first-order chi connectivity index (χ1) is 10.0. The number of fused-ring (bicyclic) bond motifs is 1. The number of H-pyrrole nitrogens is 1. The van der Waals surface area contributed by atoms with Crippen molar-refractivity contribution in [2.45, 2.75) is 26.9 Å². The number of imidazole rings is 1. The third kappa shape index (κ3) is 2.80. The highest BCUT2D eigenvalue weighted by Gasteiger charge is 2.13. The summed E-state index contributed by atoms with van der Waals surface area (Å²) in [6.07, 6.45) is 0. The van der Waals surface area contributed by atoms with Crippen LogP contribution < -0.4 is 0 Å². The van der Waals surface area contributed by atoms with Crippen LogP contribution in [0.4, 0.5) is 4.39 Å². The Balaban J connectivity index is 1.75. The highest BCUT2D eigenvalue weighted by atomic mass is 19.1. The molecule has 6 heteroatoms. The number of aryl methyl sites for hydroxylation is 2. The summed E-state index contributed by atoms with van der Waals surface area (Å²) in [5, 5.41) is 3.95. The van der Waals surface area contributed by atoms with Gasteiger partial charge in [0.25, 0.3) is 0 Å². The lowest BCUT2D eigenvalue weighted by Crippen LogP contribution is -2.18. The van der Waals surface area contributed by atoms with E-state index in [1.165, 1.54) is 12.1 Å². The average Bonchev–Trinajstić information content (AvgIpc) is 2.95. The Morgan fingerprint density at radius 1 is 1.29 bits per heavy atom. The number of nitrogens with zero attached hydrogens (tertiary/aromatic N) is 3. The number of aromatic amines is 1. The number of hydrogen-bond acceptors (Lipinski definition) is 4. The summed E-state index contributed by atoms with van der Waals surface area (Å²) in [7, 11) is 2.00. The predicted octanol–water partition coefficient (Wildman–Crippen LogP) is 2.94. The standard InChI is InChI=1S/C15H17FN4O/c1-9-12(10(2)21-19-9)7-20(3)8-15-17-13-5-4-11(16)6-14(13)18-15/h4-6H,7-8H2,1-3H3,(H,17,18). The van der Waals surface area contributed by atoms with Crippen LogP contribution in [0.2, 0.25) is 0 Å². The molecule has 0 amide bonds. The molecule has 2 aromatic heterocycles. The van der Waals surface area contributed by atoms with Gasteiger partial charge in [0.2, 0.25) is 0 Å². The fraction of sp³-hybridized carbons (Fsp3) is 0.333. The molecule has 3 rings (SSSR count). The molecule has 0 saturated heterocycles. The Hall–Kier alpha value is -2.21. The Labute approximate surface area is 121 Å². The Morgan fingerprint density at radius 2 is 2.10 bits per heavy atom. The van der Waals surface area contributed by atoms with Crippen molar-refractivity contribution in [3.63, 3.8) is 0 Å². The van der Waals surface area contributed by atoms with E-state index in [-0.39, 0.29) is 5.82 Å². The van der Waals surface area contributed by atoms with Crippen LogP contribution >= 0.6 is 0 Å². The van der Waals surface area contributed by atoms with E-state index in [2.05, 4.69) is 20.0 Å². The molecule has 5 nitrogen and oxygen atoms in total. The van der Waals surface area contributed by atoms with Crippen LogP contribution in [-0.2, 0) is 13.1 Å². The third-order valence-electron chi connectivity index (χ3n) is 3.52. The van der Waals surface area contributed by atoms with Gasteiger partial charge in [-0.05, 0) is 39.1 Å². The average molecular weight is 288 g/mol. The molecule has 0 fully saturated rings. The summed E-state index contributed by atoms with van der Waals surface area (Å²) in [4.78, 5) is 9.72. The Morgan fingerprint density at radius 3 is 2.81 bits per heavy atom. The van der Waals surface area contributed by atoms with Crippen LogP contribution in [0.1, 0.15) is 22.8 Å². The molecule has 1 aromatic carbocycles. The molecule has 0 unspecified atom stereocenters. The van der Waals surface area contributed by atoms with Gasteiger partial charge in [0, 0.05) is 12.1 Å². The lowest BCUT2D eigenvalue weighted by molar-refractivity contribution is 0.308. The molecule has 3 aromatic rings. The molecule has 0 bridgehead atoms. The van der Waals surface area contributed by atoms with Crippen LogP contribution in [0.5, 0.6) is 0 Å². The van der Waals surface area contributed by atoms with E-state index < -0.39 is 0 Å². The van der Waals surface area contributed by atoms with E-state index >= 15 is 0 Å². The fourth-order valence-electron chi connectivity index (χ4n) is 2.42. The Bertz CT molecular complexity index is 758. The van der Waals surface area contributed by atoms with Gasteiger partial charge in [0.05, 0.1) is 23.3 Å². The quantitative estimate of drug-likeness (QED) is 0.802. The highest BCUT2D eigenvalue weighted by Crippen LogP contribution is 2.17. The largest absolute Gasteiger partial charge is 0.361 e. The maximum atomic E-state index is 13.2. The Kier molecular flexibility index (Phi) is 3.47. The molecule has 110 valence electrons. The number of benzene rings is 1. The molecule has 1 N–H and O–H groups in total. The maximum absolute atomic E-state index is 13.2. The molecule has 0 saturated carbocycles. The predicted molar refractivity (Wildman–Crippen MR) is 77.2 cm³/mol. The monoisotopic (exact) mass is 288 g/mol. The first-order valence-corrected chi connectivity index (χ1v) is 6.77. The minimum Gasteiger partial charge on any atom is -0.361 e. The van der Waals surface area contributed by atoms with Gasteiger partial charge in [-0.3, -0.25) is 4.90 Å². The van der Waals surface area contributed by atoms with Crippen LogP contribution in [0, 0.1) is 19.7 Å². The SMILES string of the molecule is Cc1noc(C)c1CN(C)Cc1nc2ccc(F)cc2[nH]1. The second kappa shape index (κ2) is 5.29. The van der Waals surface area contributed by atoms with Crippen molar-refractivity contribution in [1.82, 2.24) is 20.0 Å². The lowest BCUT2D eigenvalue weighted by atomic mass is 10.2. The summed E-state index contributed by atoms with van der Waals surface area (Å²) in [6, 6.07) is 4.56. The third-order valence-corrected chi connectivity index (χ3v) is 3.52. The van der Waals surface area contributed by atoms with E-state index in [1.807, 2.05) is 20.9 Å². The molecule has 2 heterocycles. The molecular formula is C15H17FN4O. The summed E-state index contributed by atoms with van der Waals surface area (Å²) < 4.78 is 18.3. The van der Waals surface area contributed by atoms with Crippen LogP contribution in [-0.4, -0.2) is 27.1 Å². The topological polar surface area (TPSA) is 58.0 Å². The molecule has 0 aliphatic heterocycles. The molecule has 0 aliphatic rings. The van der Waals surface area contributed by atoms with Gasteiger partial charge in [-0.2, -0.15) is 0 Å². The van der Waals surface area contributed by atoms with Crippen molar-refractivity contribution in [2.75, 3.05) is 7.05 Å². The molecule has 0 aliphatic carbocycles. The van der Waals surface area contributed by atoms with Crippen molar-refractivity contribution < 1.29 is 8.91 Å². The van der Waals surface area contributed by atoms with Gasteiger partial charge in [-0.25, -0.2) is 9.37 Å². The van der Waals surface area contributed by atoms with Crippen LogP contribution in [0.25, 0.3) is 11.0 Å². The summed E-state index contributed by atoms with van der Waals surface area (Å²) >= 11 is 0. The van der Waals surface area contributed by atoms with Crippen molar-refractivity contribution in [3.8, 4) is 0 Å².